The van der Waals surface area contributed by atoms with Crippen LogP contribution in [0.15, 0.2) is 53.2 Å². The predicted molar refractivity (Wildman–Crippen MR) is 58.9 cm³/mol. The van der Waals surface area contributed by atoms with Gasteiger partial charge in [-0.15, -0.1) is 0 Å². The minimum Gasteiger partial charge on any atom is -0.269 e. The maximum absolute atomic E-state index is 4.16. The average molecular weight is 173 g/mol. The second-order valence-corrected chi connectivity index (χ2v) is 3.13. The van der Waals surface area contributed by atoms with Gasteiger partial charge in [-0.1, -0.05) is 42.0 Å². The number of hydrogen-bond acceptors (Lipinski definition) is 1. The zero-order valence-electron chi connectivity index (χ0n) is 8.03. The number of rotatable bonds is 2. The molecule has 0 fully saturated rings. The Balaban J connectivity index is 2.65. The molecule has 0 spiro atoms. The van der Waals surface area contributed by atoms with E-state index >= 15 is 0 Å². The Morgan fingerprint density at radius 1 is 1.46 bits per heavy atom. The molecule has 0 unspecified atom stereocenters. The lowest BCUT2D eigenvalue weighted by Crippen LogP contribution is -1.83. The SMILES string of the molecule is C=C/C=C\C=C1/CC=NC=C(C)C1. The van der Waals surface area contributed by atoms with Gasteiger partial charge in [0.25, 0.3) is 0 Å². The second kappa shape index (κ2) is 5.31. The van der Waals surface area contributed by atoms with Crippen LogP contribution in [-0.4, -0.2) is 6.21 Å². The van der Waals surface area contributed by atoms with Crippen LogP contribution in [0.3, 0.4) is 0 Å². The first-order valence-corrected chi connectivity index (χ1v) is 4.47. The maximum atomic E-state index is 4.16. The van der Waals surface area contributed by atoms with Crippen molar-refractivity contribution in [2.24, 2.45) is 4.99 Å². The molecule has 0 N–H and O–H groups in total. The van der Waals surface area contributed by atoms with Crippen molar-refractivity contribution < 1.29 is 0 Å². The summed E-state index contributed by atoms with van der Waals surface area (Å²) in [6.45, 7) is 5.73. The molecule has 1 heteroatoms. The monoisotopic (exact) mass is 173 g/mol. The first-order chi connectivity index (χ1) is 6.33. The van der Waals surface area contributed by atoms with Gasteiger partial charge in [0.05, 0.1) is 0 Å². The van der Waals surface area contributed by atoms with Gasteiger partial charge < -0.3 is 0 Å². The Morgan fingerprint density at radius 3 is 3.08 bits per heavy atom. The van der Waals surface area contributed by atoms with Gasteiger partial charge in [0.15, 0.2) is 0 Å². The van der Waals surface area contributed by atoms with Crippen LogP contribution in [0.4, 0.5) is 0 Å². The van der Waals surface area contributed by atoms with Crippen LogP contribution in [-0.2, 0) is 0 Å². The van der Waals surface area contributed by atoms with E-state index in [2.05, 4.69) is 24.6 Å². The first-order valence-electron chi connectivity index (χ1n) is 4.47. The van der Waals surface area contributed by atoms with Crippen molar-refractivity contribution in [1.29, 1.82) is 0 Å². The fourth-order valence-corrected chi connectivity index (χ4v) is 1.22. The highest BCUT2D eigenvalue weighted by atomic mass is 14.7. The van der Waals surface area contributed by atoms with E-state index in [1.54, 1.807) is 6.08 Å². The second-order valence-electron chi connectivity index (χ2n) is 3.13. The molecule has 0 radical (unpaired) electrons. The van der Waals surface area contributed by atoms with E-state index < -0.39 is 0 Å². The molecule has 0 bridgehead atoms. The quantitative estimate of drug-likeness (QED) is 0.567. The molecule has 1 aliphatic heterocycles. The van der Waals surface area contributed by atoms with Gasteiger partial charge in [-0.05, 0) is 13.3 Å². The average Bonchev–Trinajstić information content (AvgIpc) is 2.31. The van der Waals surface area contributed by atoms with E-state index in [0.717, 1.165) is 12.8 Å². The minimum absolute atomic E-state index is 0.954. The zero-order valence-corrected chi connectivity index (χ0v) is 8.03. The normalized spacial score (nSPS) is 20.4. The molecule has 0 saturated heterocycles. The molecule has 68 valence electrons. The van der Waals surface area contributed by atoms with Crippen LogP contribution in [0.2, 0.25) is 0 Å². The van der Waals surface area contributed by atoms with E-state index in [9.17, 15) is 0 Å². The lowest BCUT2D eigenvalue weighted by atomic mass is 10.1. The fourth-order valence-electron chi connectivity index (χ4n) is 1.22. The molecular formula is C12H15N. The molecular weight excluding hydrogens is 158 g/mol. The van der Waals surface area contributed by atoms with Crippen molar-refractivity contribution >= 4 is 6.21 Å². The lowest BCUT2D eigenvalue weighted by molar-refractivity contribution is 1.08. The Kier molecular flexibility index (Phi) is 3.97. The summed E-state index contributed by atoms with van der Waals surface area (Å²) in [7, 11) is 0. The van der Waals surface area contributed by atoms with Gasteiger partial charge in [-0.25, -0.2) is 0 Å². The molecule has 1 nitrogen and oxygen atoms in total. The molecule has 0 aliphatic carbocycles. The third-order valence-electron chi connectivity index (χ3n) is 1.84. The minimum atomic E-state index is 0.954. The van der Waals surface area contributed by atoms with Crippen molar-refractivity contribution in [3.8, 4) is 0 Å². The summed E-state index contributed by atoms with van der Waals surface area (Å²) >= 11 is 0. The Morgan fingerprint density at radius 2 is 2.31 bits per heavy atom. The van der Waals surface area contributed by atoms with Crippen molar-refractivity contribution in [3.05, 3.63) is 48.2 Å². The summed E-state index contributed by atoms with van der Waals surface area (Å²) in [5.74, 6) is 0. The Labute approximate surface area is 79.9 Å². The van der Waals surface area contributed by atoms with Crippen LogP contribution >= 0.6 is 0 Å². The molecule has 13 heavy (non-hydrogen) atoms. The van der Waals surface area contributed by atoms with E-state index in [1.165, 1.54) is 11.1 Å². The van der Waals surface area contributed by atoms with Crippen LogP contribution in [0, 0.1) is 0 Å². The summed E-state index contributed by atoms with van der Waals surface area (Å²) in [4.78, 5) is 4.16. The lowest BCUT2D eigenvalue weighted by Gasteiger charge is -1.99. The molecule has 0 atom stereocenters. The van der Waals surface area contributed by atoms with Gasteiger partial charge in [0.1, 0.15) is 0 Å². The van der Waals surface area contributed by atoms with Crippen LogP contribution in [0.1, 0.15) is 19.8 Å². The summed E-state index contributed by atoms with van der Waals surface area (Å²) in [6.07, 6.45) is 13.7. The third-order valence-corrected chi connectivity index (χ3v) is 1.84. The molecule has 1 aliphatic rings. The smallest absolute Gasteiger partial charge is 0.0256 e. The fraction of sp³-hybridized carbons (Fsp3) is 0.250. The highest BCUT2D eigenvalue weighted by Crippen LogP contribution is 2.15. The van der Waals surface area contributed by atoms with E-state index in [0.29, 0.717) is 0 Å². The zero-order chi connectivity index (χ0) is 9.52. The van der Waals surface area contributed by atoms with E-state index in [1.807, 2.05) is 24.6 Å². The number of nitrogens with zero attached hydrogens (tertiary/aromatic N) is 1. The van der Waals surface area contributed by atoms with Gasteiger partial charge in [0.2, 0.25) is 0 Å². The molecule has 0 aromatic carbocycles. The highest BCUT2D eigenvalue weighted by molar-refractivity contribution is 5.63. The standard InChI is InChI=1S/C12H15N/c1-3-4-5-6-12-7-8-13-10-11(2)9-12/h3-6,8,10H,1,7,9H2,2H3/b5-4-,12-6+. The van der Waals surface area contributed by atoms with Crippen LogP contribution < -0.4 is 0 Å². The third kappa shape index (κ3) is 3.70. The van der Waals surface area contributed by atoms with Crippen LogP contribution in [0.25, 0.3) is 0 Å². The number of allylic oxidation sites excluding steroid dienone is 6. The van der Waals surface area contributed by atoms with E-state index in [4.69, 9.17) is 0 Å². The van der Waals surface area contributed by atoms with Gasteiger partial charge >= 0.3 is 0 Å². The van der Waals surface area contributed by atoms with Crippen molar-refractivity contribution in [3.63, 3.8) is 0 Å². The largest absolute Gasteiger partial charge is 0.269 e. The highest BCUT2D eigenvalue weighted by Gasteiger charge is 1.99. The molecule has 0 saturated carbocycles. The molecule has 1 rings (SSSR count). The summed E-state index contributed by atoms with van der Waals surface area (Å²) in [5, 5.41) is 0. The predicted octanol–water partition coefficient (Wildman–Crippen LogP) is 3.42. The molecule has 0 amide bonds. The first kappa shape index (κ1) is 9.72. The van der Waals surface area contributed by atoms with Crippen molar-refractivity contribution in [2.45, 2.75) is 19.8 Å². The number of aliphatic imine (C=N–C) groups is 1. The molecule has 0 aromatic heterocycles. The Hall–Kier alpha value is -1.37. The van der Waals surface area contributed by atoms with Crippen molar-refractivity contribution in [2.75, 3.05) is 0 Å². The van der Waals surface area contributed by atoms with Crippen molar-refractivity contribution in [1.82, 2.24) is 0 Å². The Bertz CT molecular complexity index is 290. The topological polar surface area (TPSA) is 12.4 Å². The summed E-state index contributed by atoms with van der Waals surface area (Å²) in [6, 6.07) is 0. The van der Waals surface area contributed by atoms with Gasteiger partial charge in [-0.3, -0.25) is 4.99 Å². The van der Waals surface area contributed by atoms with E-state index in [-0.39, 0.29) is 0 Å². The summed E-state index contributed by atoms with van der Waals surface area (Å²) in [5.41, 5.74) is 2.71. The van der Waals surface area contributed by atoms with Crippen LogP contribution in [0.5, 0.6) is 0 Å². The van der Waals surface area contributed by atoms with Gasteiger partial charge in [0, 0.05) is 18.8 Å². The summed E-state index contributed by atoms with van der Waals surface area (Å²) < 4.78 is 0. The number of hydrogen-bond donors (Lipinski definition) is 0. The van der Waals surface area contributed by atoms with Gasteiger partial charge in [-0.2, -0.15) is 0 Å². The molecule has 1 heterocycles. The molecule has 0 aromatic rings. The maximum Gasteiger partial charge on any atom is 0.0256 e.